The summed E-state index contributed by atoms with van der Waals surface area (Å²) < 4.78 is 294. The lowest BCUT2D eigenvalue weighted by molar-refractivity contribution is 0.378. The lowest BCUT2D eigenvalue weighted by Crippen LogP contribution is -2.81. The van der Waals surface area contributed by atoms with Gasteiger partial charge in [0, 0.05) is 5.56 Å². The van der Waals surface area contributed by atoms with Crippen LogP contribution in [0.3, 0.4) is 0 Å². The van der Waals surface area contributed by atoms with Crippen LogP contribution in [-0.4, -0.2) is 18.7 Å². The number of hydrogen-bond donors (Lipinski definition) is 0. The molecule has 8 rings (SSSR count). The van der Waals surface area contributed by atoms with Gasteiger partial charge in [0.1, 0.15) is 58.4 Å². The van der Waals surface area contributed by atoms with E-state index in [1.807, 2.05) is 0 Å². The molecule has 0 saturated heterocycles. The van der Waals surface area contributed by atoms with E-state index in [2.05, 4.69) is 79.2 Å². The highest BCUT2D eigenvalue weighted by Crippen LogP contribution is 2.34. The molecule has 67 heavy (non-hydrogen) atoms. The molecular weight excluding hydrogens is 963 g/mol. The molecule has 0 fully saturated rings. The van der Waals surface area contributed by atoms with E-state index in [9.17, 15) is 52.7 Å². The topological polar surface area (TPSA) is 0 Å². The monoisotopic (exact) mass is 982 g/mol. The molecule has 0 unspecified atom stereocenters. The van der Waals surface area contributed by atoms with Crippen LogP contribution in [-0.2, 0) is 16.6 Å². The van der Waals surface area contributed by atoms with Crippen molar-refractivity contribution in [1.82, 2.24) is 0 Å². The third-order valence-corrected chi connectivity index (χ3v) is 11.8. The first-order valence-corrected chi connectivity index (χ1v) is 20.7. The van der Waals surface area contributed by atoms with Crippen LogP contribution in [0.25, 0.3) is 32.3 Å². The van der Waals surface area contributed by atoms with Crippen molar-refractivity contribution in [3.8, 4) is 0 Å². The van der Waals surface area contributed by atoms with E-state index in [0.717, 1.165) is 5.75 Å². The van der Waals surface area contributed by atoms with Crippen molar-refractivity contribution in [2.75, 3.05) is 12.5 Å². The van der Waals surface area contributed by atoms with Gasteiger partial charge in [-0.1, -0.05) is 48.5 Å². The summed E-state index contributed by atoms with van der Waals surface area (Å²) in [5.74, 6) is -70.3. The van der Waals surface area contributed by atoms with E-state index in [1.54, 1.807) is 0 Å². The molecule has 0 saturated carbocycles. The molecule has 0 atom stereocenters. The zero-order valence-corrected chi connectivity index (χ0v) is 33.9. The first-order valence-electron chi connectivity index (χ1n) is 18.5. The Morgan fingerprint density at radius 3 is 0.866 bits per heavy atom. The molecule has 8 aromatic carbocycles. The summed E-state index contributed by atoms with van der Waals surface area (Å²) >= 11 is 0. The van der Waals surface area contributed by atoms with Crippen molar-refractivity contribution in [3.63, 3.8) is 0 Å². The second-order valence-corrected chi connectivity index (χ2v) is 17.2. The third-order valence-electron chi connectivity index (χ3n) is 11.0. The summed E-state index contributed by atoms with van der Waals surface area (Å²) in [6.45, 7) is 0. The van der Waals surface area contributed by atoms with E-state index in [1.165, 1.54) is 37.9 Å². The highest BCUT2D eigenvalue weighted by atomic mass is 32.2. The lowest BCUT2D eigenvalue weighted by Gasteiger charge is -2.44. The van der Waals surface area contributed by atoms with Gasteiger partial charge in [-0.2, -0.15) is 0 Å². The maximum atomic E-state index is 15.4. The van der Waals surface area contributed by atoms with Crippen molar-refractivity contribution < 1.29 is 87.8 Å². The van der Waals surface area contributed by atoms with Gasteiger partial charge in [0.15, 0.2) is 69.8 Å². The third kappa shape index (κ3) is 7.37. The van der Waals surface area contributed by atoms with Gasteiger partial charge in [0.25, 0.3) is 0 Å². The zero-order chi connectivity index (χ0) is 49.5. The number of benzene rings is 8. The molecule has 0 bridgehead atoms. The molecule has 0 aliphatic carbocycles. The van der Waals surface area contributed by atoms with Gasteiger partial charge in [0.05, 0.1) is 12.5 Å². The van der Waals surface area contributed by atoms with Crippen molar-refractivity contribution in [2.45, 2.75) is 5.75 Å². The normalized spacial score (nSPS) is 11.9. The Balaban J connectivity index is 0.000000250. The minimum Gasteiger partial charge on any atom is -0.207 e. The first-order chi connectivity index (χ1) is 31.4. The number of halogens is 20. The van der Waals surface area contributed by atoms with E-state index in [0.29, 0.717) is 10.9 Å². The molecule has 22 heteroatoms. The largest absolute Gasteiger partial charge is 0.207 e. The zero-order valence-electron chi connectivity index (χ0n) is 33.1. The summed E-state index contributed by atoms with van der Waals surface area (Å²) in [5, 5.41) is 8.19. The molecule has 0 amide bonds. The van der Waals surface area contributed by atoms with Crippen LogP contribution in [0.15, 0.2) is 66.7 Å². The number of rotatable bonds is 6. The minimum atomic E-state index is -7.22. The van der Waals surface area contributed by atoms with Crippen LogP contribution >= 0.6 is 0 Å². The average molecular weight is 982 g/mol. The van der Waals surface area contributed by atoms with E-state index >= 15 is 35.1 Å². The standard InChI is InChI=1S/C24BF20.C21H19S/c26-5-1(6(27)14(35)21(42)13(5)34)25(2-7(28)15(36)22(43)16(37)8(2)29,3-9(30)17(38)23(44)18(39)10(3)31)4-11(32)19(40)24(45)20(41)12(4)33;1-22(2)14-21-19-10-6-5-9-17(19)12-18-11-15-7-3-4-8-16(15)13-20(18)21/h;3-13H,14H2,1-2H3/q-1;+1. The highest BCUT2D eigenvalue weighted by Gasteiger charge is 2.52. The minimum absolute atomic E-state index is 0.388. The van der Waals surface area contributed by atoms with Crippen molar-refractivity contribution >= 4 is 71.2 Å². The molecule has 0 aliphatic heterocycles. The van der Waals surface area contributed by atoms with Crippen LogP contribution in [0.4, 0.5) is 87.8 Å². The Labute approximate surface area is 365 Å². The van der Waals surface area contributed by atoms with Crippen molar-refractivity contribution in [2.24, 2.45) is 0 Å². The molecule has 348 valence electrons. The summed E-state index contributed by atoms with van der Waals surface area (Å²) in [5.41, 5.74) is -12.8. The second-order valence-electron chi connectivity index (χ2n) is 14.9. The Morgan fingerprint density at radius 2 is 0.552 bits per heavy atom. The summed E-state index contributed by atoms with van der Waals surface area (Å²) in [7, 11) is 0.388. The molecule has 0 aromatic heterocycles. The molecule has 0 heterocycles. The maximum absolute atomic E-state index is 15.4. The van der Waals surface area contributed by atoms with Crippen molar-refractivity contribution in [3.05, 3.63) is 189 Å². The van der Waals surface area contributed by atoms with Gasteiger partial charge < -0.3 is 0 Å². The molecule has 0 aliphatic rings. The quantitative estimate of drug-likeness (QED) is 0.0389. The van der Waals surface area contributed by atoms with E-state index in [-0.39, 0.29) is 0 Å². The fourth-order valence-electron chi connectivity index (χ4n) is 8.17. The fraction of sp³-hybridized carbons (Fsp3) is 0.0667. The second kappa shape index (κ2) is 17.7. The van der Waals surface area contributed by atoms with Gasteiger partial charge in [-0.05, 0) is 61.4 Å². The molecule has 0 spiro atoms. The van der Waals surface area contributed by atoms with Crippen LogP contribution in [0.2, 0.25) is 0 Å². The van der Waals surface area contributed by atoms with Crippen LogP contribution in [0.5, 0.6) is 0 Å². The smallest absolute Gasteiger partial charge is 0.200 e. The van der Waals surface area contributed by atoms with Crippen LogP contribution < -0.4 is 21.9 Å². The van der Waals surface area contributed by atoms with E-state index in [4.69, 9.17) is 0 Å². The van der Waals surface area contributed by atoms with Gasteiger partial charge in [-0.3, -0.25) is 0 Å². The van der Waals surface area contributed by atoms with Gasteiger partial charge in [-0.15, -0.1) is 21.9 Å². The predicted molar refractivity (Wildman–Crippen MR) is 211 cm³/mol. The predicted octanol–water partition coefficient (Wildman–Crippen LogP) is 11.4. The summed E-state index contributed by atoms with van der Waals surface area (Å²) in [4.78, 5) is 0. The SMILES string of the molecule is C[S+](C)Cc1c2ccccc2cc2cc3ccccc3cc12.Fc1c(F)c(F)c([B-](c2c(F)c(F)c(F)c(F)c2F)(c2c(F)c(F)c(F)c(F)c2F)c2c(F)c(F)c(F)c(F)c2F)c(F)c1F. The first kappa shape index (κ1) is 48.5. The Bertz CT molecular complexity index is 2990. The van der Waals surface area contributed by atoms with Crippen LogP contribution in [0, 0.1) is 116 Å². The number of fused-ring (bicyclic) bond motifs is 3. The molecule has 0 radical (unpaired) electrons. The average Bonchev–Trinajstić information content (AvgIpc) is 3.30. The fourth-order valence-corrected chi connectivity index (χ4v) is 9.06. The van der Waals surface area contributed by atoms with E-state index < -0.39 is 144 Å². The Morgan fingerprint density at radius 1 is 0.299 bits per heavy atom. The summed E-state index contributed by atoms with van der Waals surface area (Å²) in [6.07, 6.45) is -2.56. The molecule has 0 nitrogen and oxygen atoms in total. The van der Waals surface area contributed by atoms with Gasteiger partial charge >= 0.3 is 0 Å². The summed E-state index contributed by atoms with van der Waals surface area (Å²) in [6, 6.07) is 24.5. The molecular formula is C45H19BF20S. The number of hydrogen-bond acceptors (Lipinski definition) is 0. The highest BCUT2D eigenvalue weighted by molar-refractivity contribution is 7.94. The molecule has 8 aromatic rings. The van der Waals surface area contributed by atoms with Gasteiger partial charge in [-0.25, -0.2) is 87.8 Å². The lowest BCUT2D eigenvalue weighted by atomic mass is 9.12. The van der Waals surface area contributed by atoms with Crippen molar-refractivity contribution in [1.29, 1.82) is 0 Å². The van der Waals surface area contributed by atoms with Gasteiger partial charge in [0.2, 0.25) is 0 Å². The Hall–Kier alpha value is -6.45. The Kier molecular flexibility index (Phi) is 12.8. The van der Waals surface area contributed by atoms with Crippen LogP contribution in [0.1, 0.15) is 5.56 Å². The molecule has 0 N–H and O–H groups in total. The maximum Gasteiger partial charge on any atom is 0.200 e.